The Hall–Kier alpha value is -2.21. The number of hydrogen-bond donors (Lipinski definition) is 1. The van der Waals surface area contributed by atoms with Gasteiger partial charge in [-0.3, -0.25) is 4.57 Å². The van der Waals surface area contributed by atoms with E-state index in [1.54, 1.807) is 22.8 Å². The summed E-state index contributed by atoms with van der Waals surface area (Å²) in [6.07, 6.45) is 0. The topological polar surface area (TPSA) is 61.2 Å². The summed E-state index contributed by atoms with van der Waals surface area (Å²) >= 11 is 1.34. The quantitative estimate of drug-likeness (QED) is 0.594. The third-order valence-corrected chi connectivity index (χ3v) is 4.13. The summed E-state index contributed by atoms with van der Waals surface area (Å²) in [7, 11) is 0. The molecule has 2 aromatic carbocycles. The standard InChI is InChI=1S/C15H13FN2O2S/c16-11-9-10(17)5-6-14(11)21-8-7-18-12-3-1-2-4-13(12)20-15(18)19/h1-6,9H,7-8,17H2. The minimum absolute atomic E-state index is 0.343. The number of nitrogens with zero attached hydrogens (tertiary/aromatic N) is 1. The molecule has 0 aliphatic heterocycles. The number of para-hydroxylation sites is 2. The predicted octanol–water partition coefficient (Wildman–Crippen LogP) is 3.11. The molecule has 2 N–H and O–H groups in total. The molecule has 0 aliphatic carbocycles. The number of nitrogen functional groups attached to an aromatic ring is 1. The van der Waals surface area contributed by atoms with Crippen LogP contribution < -0.4 is 11.5 Å². The minimum atomic E-state index is -0.394. The third-order valence-electron chi connectivity index (χ3n) is 3.10. The van der Waals surface area contributed by atoms with Crippen LogP contribution in [-0.2, 0) is 6.54 Å². The number of benzene rings is 2. The van der Waals surface area contributed by atoms with Crippen LogP contribution in [0.4, 0.5) is 10.1 Å². The van der Waals surface area contributed by atoms with Crippen molar-refractivity contribution in [2.45, 2.75) is 11.4 Å². The predicted molar refractivity (Wildman–Crippen MR) is 82.0 cm³/mol. The monoisotopic (exact) mass is 304 g/mol. The van der Waals surface area contributed by atoms with E-state index in [0.717, 1.165) is 5.52 Å². The SMILES string of the molecule is Nc1ccc(SCCn2c(=O)oc3ccccc32)c(F)c1. The van der Waals surface area contributed by atoms with Gasteiger partial charge in [0.25, 0.3) is 0 Å². The van der Waals surface area contributed by atoms with Gasteiger partial charge in [0.1, 0.15) is 5.82 Å². The molecule has 0 unspecified atom stereocenters. The Kier molecular flexibility index (Phi) is 3.70. The summed E-state index contributed by atoms with van der Waals surface area (Å²) in [5.41, 5.74) is 7.22. The Bertz CT molecular complexity index is 841. The summed E-state index contributed by atoms with van der Waals surface area (Å²) in [5.74, 6) is -0.177. The molecule has 0 fully saturated rings. The number of thioether (sulfide) groups is 1. The van der Waals surface area contributed by atoms with Gasteiger partial charge in [0, 0.05) is 22.9 Å². The average Bonchev–Trinajstić information content (AvgIpc) is 2.77. The van der Waals surface area contributed by atoms with Gasteiger partial charge in [-0.25, -0.2) is 9.18 Å². The van der Waals surface area contributed by atoms with Crippen molar-refractivity contribution in [3.05, 3.63) is 58.8 Å². The zero-order chi connectivity index (χ0) is 14.8. The van der Waals surface area contributed by atoms with Crippen molar-refractivity contribution < 1.29 is 8.81 Å². The van der Waals surface area contributed by atoms with Crippen LogP contribution in [0.15, 0.2) is 56.6 Å². The first-order chi connectivity index (χ1) is 10.1. The number of oxazole rings is 1. The van der Waals surface area contributed by atoms with Crippen LogP contribution in [0, 0.1) is 5.82 Å². The molecule has 4 nitrogen and oxygen atoms in total. The maximum absolute atomic E-state index is 13.7. The van der Waals surface area contributed by atoms with Gasteiger partial charge in [-0.2, -0.15) is 0 Å². The van der Waals surface area contributed by atoms with E-state index in [0.29, 0.717) is 28.5 Å². The molecule has 0 aliphatic rings. The highest BCUT2D eigenvalue weighted by atomic mass is 32.2. The first kappa shape index (κ1) is 13.8. The van der Waals surface area contributed by atoms with Crippen molar-refractivity contribution in [2.24, 2.45) is 0 Å². The van der Waals surface area contributed by atoms with E-state index in [2.05, 4.69) is 0 Å². The Balaban J connectivity index is 1.75. The van der Waals surface area contributed by atoms with Crippen molar-refractivity contribution in [2.75, 3.05) is 11.5 Å². The molecule has 21 heavy (non-hydrogen) atoms. The molecule has 3 rings (SSSR count). The van der Waals surface area contributed by atoms with Crippen molar-refractivity contribution >= 4 is 28.5 Å². The first-order valence-electron chi connectivity index (χ1n) is 6.41. The van der Waals surface area contributed by atoms with E-state index in [9.17, 15) is 9.18 Å². The third kappa shape index (κ3) is 2.80. The lowest BCUT2D eigenvalue weighted by atomic mass is 10.3. The molecule has 0 atom stereocenters. The molecule has 0 radical (unpaired) electrons. The first-order valence-corrected chi connectivity index (χ1v) is 7.40. The molecule has 6 heteroatoms. The number of nitrogens with two attached hydrogens (primary N) is 1. The zero-order valence-electron chi connectivity index (χ0n) is 11.1. The number of halogens is 1. The number of fused-ring (bicyclic) bond motifs is 1. The van der Waals surface area contributed by atoms with E-state index in [-0.39, 0.29) is 5.82 Å². The van der Waals surface area contributed by atoms with Gasteiger partial charge in [0.2, 0.25) is 0 Å². The molecule has 0 spiro atoms. The van der Waals surface area contributed by atoms with Gasteiger partial charge in [0.05, 0.1) is 5.52 Å². The molecule has 0 amide bonds. The fourth-order valence-electron chi connectivity index (χ4n) is 2.11. The normalized spacial score (nSPS) is 11.1. The highest BCUT2D eigenvalue weighted by Gasteiger charge is 2.09. The van der Waals surface area contributed by atoms with Crippen LogP contribution in [0.1, 0.15) is 0 Å². The average molecular weight is 304 g/mol. The van der Waals surface area contributed by atoms with Crippen LogP contribution in [-0.4, -0.2) is 10.3 Å². The van der Waals surface area contributed by atoms with E-state index in [1.807, 2.05) is 18.2 Å². The van der Waals surface area contributed by atoms with Crippen LogP contribution in [0.25, 0.3) is 11.1 Å². The fraction of sp³-hybridized carbons (Fsp3) is 0.133. The summed E-state index contributed by atoms with van der Waals surface area (Å²) in [6.45, 7) is 0.449. The Morgan fingerprint density at radius 3 is 2.86 bits per heavy atom. The van der Waals surface area contributed by atoms with Crippen molar-refractivity contribution in [3.8, 4) is 0 Å². The summed E-state index contributed by atoms with van der Waals surface area (Å²) in [4.78, 5) is 12.3. The van der Waals surface area contributed by atoms with Crippen molar-refractivity contribution in [1.82, 2.24) is 4.57 Å². The summed E-state index contributed by atoms with van der Waals surface area (Å²) in [6, 6.07) is 11.8. The van der Waals surface area contributed by atoms with Crippen molar-refractivity contribution in [3.63, 3.8) is 0 Å². The zero-order valence-corrected chi connectivity index (χ0v) is 11.9. The Morgan fingerprint density at radius 1 is 1.24 bits per heavy atom. The number of aryl methyl sites for hydroxylation is 1. The number of hydrogen-bond acceptors (Lipinski definition) is 4. The van der Waals surface area contributed by atoms with Crippen molar-refractivity contribution in [1.29, 1.82) is 0 Å². The number of anilines is 1. The van der Waals surface area contributed by atoms with E-state index in [1.165, 1.54) is 17.8 Å². The Labute approximate surface area is 124 Å². The summed E-state index contributed by atoms with van der Waals surface area (Å²) in [5, 5.41) is 0. The van der Waals surface area contributed by atoms with Crippen LogP contribution >= 0.6 is 11.8 Å². The van der Waals surface area contributed by atoms with Gasteiger partial charge in [-0.05, 0) is 30.3 Å². The molecule has 0 saturated heterocycles. The van der Waals surface area contributed by atoms with Crippen LogP contribution in [0.2, 0.25) is 0 Å². The number of rotatable bonds is 4. The minimum Gasteiger partial charge on any atom is -0.408 e. The van der Waals surface area contributed by atoms with E-state index >= 15 is 0 Å². The van der Waals surface area contributed by atoms with Crippen LogP contribution in [0.3, 0.4) is 0 Å². The Morgan fingerprint density at radius 2 is 2.05 bits per heavy atom. The van der Waals surface area contributed by atoms with E-state index < -0.39 is 5.76 Å². The second-order valence-corrected chi connectivity index (χ2v) is 5.66. The van der Waals surface area contributed by atoms with Crippen LogP contribution in [0.5, 0.6) is 0 Å². The second-order valence-electron chi connectivity index (χ2n) is 4.53. The molecular weight excluding hydrogens is 291 g/mol. The molecule has 3 aromatic rings. The van der Waals surface area contributed by atoms with Gasteiger partial charge >= 0.3 is 5.76 Å². The summed E-state index contributed by atoms with van der Waals surface area (Å²) < 4.78 is 20.4. The highest BCUT2D eigenvalue weighted by Crippen LogP contribution is 2.24. The second kappa shape index (κ2) is 5.65. The molecule has 0 saturated carbocycles. The van der Waals surface area contributed by atoms with Gasteiger partial charge in [0.15, 0.2) is 5.58 Å². The lowest BCUT2D eigenvalue weighted by Gasteiger charge is -2.05. The molecule has 1 heterocycles. The van der Waals surface area contributed by atoms with Gasteiger partial charge in [-0.15, -0.1) is 11.8 Å². The lowest BCUT2D eigenvalue weighted by Crippen LogP contribution is -2.15. The highest BCUT2D eigenvalue weighted by molar-refractivity contribution is 7.99. The molecule has 1 aromatic heterocycles. The molecular formula is C15H13FN2O2S. The van der Waals surface area contributed by atoms with Gasteiger partial charge in [-0.1, -0.05) is 12.1 Å². The van der Waals surface area contributed by atoms with E-state index in [4.69, 9.17) is 10.2 Å². The lowest BCUT2D eigenvalue weighted by molar-refractivity contribution is 0.514. The largest absolute Gasteiger partial charge is 0.419 e. The smallest absolute Gasteiger partial charge is 0.408 e. The molecule has 0 bridgehead atoms. The van der Waals surface area contributed by atoms with Gasteiger partial charge < -0.3 is 10.2 Å². The fourth-order valence-corrected chi connectivity index (χ4v) is 2.96. The maximum Gasteiger partial charge on any atom is 0.419 e. The maximum atomic E-state index is 13.7. The molecule has 108 valence electrons. The number of aromatic nitrogens is 1.